The monoisotopic (exact) mass is 249 g/mol. The number of rotatable bonds is 5. The van der Waals surface area contributed by atoms with Crippen LogP contribution in [0.2, 0.25) is 0 Å². The van der Waals surface area contributed by atoms with Crippen LogP contribution in [0.5, 0.6) is 0 Å². The Balaban J connectivity index is 2.72. The minimum Gasteiger partial charge on any atom is -0.469 e. The lowest BCUT2D eigenvalue weighted by molar-refractivity contribution is -0.384. The third-order valence-corrected chi connectivity index (χ3v) is 2.09. The molecule has 0 unspecified atom stereocenters. The molecule has 0 bridgehead atoms. The molecule has 1 aromatic carbocycles. The molecule has 1 aromatic rings. The maximum absolute atomic E-state index is 11.3. The summed E-state index contributed by atoms with van der Waals surface area (Å²) in [6.45, 7) is 0. The Hall–Kier alpha value is -2.50. The number of benzene rings is 1. The van der Waals surface area contributed by atoms with Crippen LogP contribution in [0.4, 0.5) is 5.69 Å². The standard InChI is InChI=1S/C12H11NO5/c1-18-12(15)8-11(14)6-5-9-3-2-4-10(7-9)13(16)17/h2-7H,8H2,1H3/b6-5+. The molecule has 0 aliphatic carbocycles. The van der Waals surface area contributed by atoms with Gasteiger partial charge in [0.2, 0.25) is 0 Å². The lowest BCUT2D eigenvalue weighted by atomic mass is 10.1. The summed E-state index contributed by atoms with van der Waals surface area (Å²) >= 11 is 0. The van der Waals surface area contributed by atoms with Gasteiger partial charge in [0, 0.05) is 12.1 Å². The Labute approximate surface area is 103 Å². The topological polar surface area (TPSA) is 86.5 Å². The van der Waals surface area contributed by atoms with Gasteiger partial charge in [-0.1, -0.05) is 18.2 Å². The highest BCUT2D eigenvalue weighted by Crippen LogP contribution is 2.14. The minimum absolute atomic E-state index is 0.0578. The summed E-state index contributed by atoms with van der Waals surface area (Å²) in [5.74, 6) is -1.04. The quantitative estimate of drug-likeness (QED) is 0.261. The van der Waals surface area contributed by atoms with Crippen LogP contribution in [0, 0.1) is 10.1 Å². The molecular weight excluding hydrogens is 238 g/mol. The van der Waals surface area contributed by atoms with Crippen LogP contribution in [-0.2, 0) is 14.3 Å². The van der Waals surface area contributed by atoms with Gasteiger partial charge >= 0.3 is 5.97 Å². The van der Waals surface area contributed by atoms with Crippen molar-refractivity contribution in [3.8, 4) is 0 Å². The molecule has 94 valence electrons. The maximum Gasteiger partial charge on any atom is 0.313 e. The SMILES string of the molecule is COC(=O)CC(=O)/C=C/c1cccc([N+](=O)[O-])c1. The van der Waals surface area contributed by atoms with Gasteiger partial charge in [0.05, 0.1) is 12.0 Å². The number of carbonyl (C=O) groups is 2. The van der Waals surface area contributed by atoms with Gasteiger partial charge in [0.1, 0.15) is 6.42 Å². The average molecular weight is 249 g/mol. The number of nitro benzene ring substituents is 1. The van der Waals surface area contributed by atoms with Gasteiger partial charge in [0.15, 0.2) is 5.78 Å². The van der Waals surface area contributed by atoms with E-state index in [0.29, 0.717) is 5.56 Å². The highest BCUT2D eigenvalue weighted by molar-refractivity contribution is 6.03. The zero-order chi connectivity index (χ0) is 13.5. The van der Waals surface area contributed by atoms with E-state index >= 15 is 0 Å². The highest BCUT2D eigenvalue weighted by Gasteiger charge is 2.07. The third-order valence-electron chi connectivity index (χ3n) is 2.09. The highest BCUT2D eigenvalue weighted by atomic mass is 16.6. The van der Waals surface area contributed by atoms with Crippen LogP contribution in [0.15, 0.2) is 30.3 Å². The van der Waals surface area contributed by atoms with Gasteiger partial charge < -0.3 is 4.74 Å². The van der Waals surface area contributed by atoms with Crippen molar-refractivity contribution in [1.82, 2.24) is 0 Å². The number of carbonyl (C=O) groups excluding carboxylic acids is 2. The van der Waals surface area contributed by atoms with Gasteiger partial charge in [-0.2, -0.15) is 0 Å². The molecule has 6 nitrogen and oxygen atoms in total. The van der Waals surface area contributed by atoms with Gasteiger partial charge in [0.25, 0.3) is 5.69 Å². The summed E-state index contributed by atoms with van der Waals surface area (Å²) in [4.78, 5) is 32.1. The predicted molar refractivity (Wildman–Crippen MR) is 63.8 cm³/mol. The summed E-state index contributed by atoms with van der Waals surface area (Å²) in [5.41, 5.74) is 0.458. The lowest BCUT2D eigenvalue weighted by Crippen LogP contribution is -2.06. The Bertz CT molecular complexity index is 507. The first kappa shape index (κ1) is 13.6. The number of nitrogens with zero attached hydrogens (tertiary/aromatic N) is 1. The molecule has 0 saturated heterocycles. The van der Waals surface area contributed by atoms with E-state index in [1.54, 1.807) is 6.07 Å². The molecule has 18 heavy (non-hydrogen) atoms. The number of non-ortho nitro benzene ring substituents is 1. The molecule has 0 N–H and O–H groups in total. The van der Waals surface area contributed by atoms with E-state index in [1.165, 1.54) is 37.5 Å². The van der Waals surface area contributed by atoms with Gasteiger partial charge in [-0.05, 0) is 11.6 Å². The molecule has 0 spiro atoms. The number of hydrogen-bond acceptors (Lipinski definition) is 5. The van der Waals surface area contributed by atoms with Crippen molar-refractivity contribution in [3.05, 3.63) is 46.0 Å². The van der Waals surface area contributed by atoms with E-state index in [9.17, 15) is 19.7 Å². The van der Waals surface area contributed by atoms with E-state index in [1.807, 2.05) is 0 Å². The molecule has 1 rings (SSSR count). The van der Waals surface area contributed by atoms with E-state index in [0.717, 1.165) is 0 Å². The molecule has 0 amide bonds. The summed E-state index contributed by atoms with van der Waals surface area (Å²) in [6.07, 6.45) is 2.26. The van der Waals surface area contributed by atoms with Crippen molar-refractivity contribution >= 4 is 23.5 Å². The van der Waals surface area contributed by atoms with Crippen LogP contribution in [0.25, 0.3) is 6.08 Å². The molecule has 0 atom stereocenters. The molecule has 0 heterocycles. The molecular formula is C12H11NO5. The Morgan fingerprint density at radius 1 is 1.44 bits per heavy atom. The number of hydrogen-bond donors (Lipinski definition) is 0. The fourth-order valence-electron chi connectivity index (χ4n) is 1.20. The van der Waals surface area contributed by atoms with Gasteiger partial charge in [-0.15, -0.1) is 0 Å². The second-order valence-electron chi connectivity index (χ2n) is 3.40. The maximum atomic E-state index is 11.3. The van der Waals surface area contributed by atoms with Crippen molar-refractivity contribution in [3.63, 3.8) is 0 Å². The van der Waals surface area contributed by atoms with Gasteiger partial charge in [-0.25, -0.2) is 0 Å². The fraction of sp³-hybridized carbons (Fsp3) is 0.167. The van der Waals surface area contributed by atoms with Crippen molar-refractivity contribution in [2.75, 3.05) is 7.11 Å². The normalized spacial score (nSPS) is 10.3. The Kier molecular flexibility index (Phi) is 4.74. The van der Waals surface area contributed by atoms with Crippen molar-refractivity contribution in [1.29, 1.82) is 0 Å². The number of ether oxygens (including phenoxy) is 1. The van der Waals surface area contributed by atoms with Crippen molar-refractivity contribution < 1.29 is 19.2 Å². The van der Waals surface area contributed by atoms with E-state index in [-0.39, 0.29) is 12.1 Å². The largest absolute Gasteiger partial charge is 0.469 e. The summed E-state index contributed by atoms with van der Waals surface area (Å²) in [5, 5.41) is 10.5. The molecule has 0 fully saturated rings. The first-order chi connectivity index (χ1) is 8.52. The number of ketones is 1. The Morgan fingerprint density at radius 3 is 2.78 bits per heavy atom. The summed E-state index contributed by atoms with van der Waals surface area (Å²) in [7, 11) is 1.19. The molecule has 0 aliphatic rings. The zero-order valence-electron chi connectivity index (χ0n) is 9.66. The van der Waals surface area contributed by atoms with Crippen LogP contribution in [0.1, 0.15) is 12.0 Å². The van der Waals surface area contributed by atoms with Crippen LogP contribution < -0.4 is 0 Å². The number of allylic oxidation sites excluding steroid dienone is 1. The van der Waals surface area contributed by atoms with Crippen LogP contribution >= 0.6 is 0 Å². The van der Waals surface area contributed by atoms with Crippen LogP contribution in [0.3, 0.4) is 0 Å². The number of nitro groups is 1. The van der Waals surface area contributed by atoms with Crippen LogP contribution in [-0.4, -0.2) is 23.8 Å². The fourth-order valence-corrected chi connectivity index (χ4v) is 1.20. The molecule has 0 saturated carbocycles. The third kappa shape index (κ3) is 4.17. The smallest absolute Gasteiger partial charge is 0.313 e. The minimum atomic E-state index is -0.622. The molecule has 0 aromatic heterocycles. The first-order valence-electron chi connectivity index (χ1n) is 5.05. The first-order valence-corrected chi connectivity index (χ1v) is 5.05. The Morgan fingerprint density at radius 2 is 2.17 bits per heavy atom. The van der Waals surface area contributed by atoms with E-state index in [4.69, 9.17) is 0 Å². The average Bonchev–Trinajstić information content (AvgIpc) is 2.36. The van der Waals surface area contributed by atoms with Crippen molar-refractivity contribution in [2.24, 2.45) is 0 Å². The second-order valence-corrected chi connectivity index (χ2v) is 3.40. The van der Waals surface area contributed by atoms with E-state index < -0.39 is 16.7 Å². The molecule has 6 heteroatoms. The van der Waals surface area contributed by atoms with Gasteiger partial charge in [-0.3, -0.25) is 19.7 Å². The summed E-state index contributed by atoms with van der Waals surface area (Å²) in [6, 6.07) is 5.83. The second kappa shape index (κ2) is 6.29. The molecule has 0 radical (unpaired) electrons. The lowest BCUT2D eigenvalue weighted by Gasteiger charge is -1.95. The number of methoxy groups -OCH3 is 1. The van der Waals surface area contributed by atoms with Crippen molar-refractivity contribution in [2.45, 2.75) is 6.42 Å². The number of esters is 1. The predicted octanol–water partition coefficient (Wildman–Crippen LogP) is 1.74. The zero-order valence-corrected chi connectivity index (χ0v) is 9.66. The summed E-state index contributed by atoms with van der Waals surface area (Å²) < 4.78 is 4.34. The molecule has 0 aliphatic heterocycles. The van der Waals surface area contributed by atoms with E-state index in [2.05, 4.69) is 4.74 Å².